The largest absolute Gasteiger partial charge is 0.383 e. The quantitative estimate of drug-likeness (QED) is 0.279. The van der Waals surface area contributed by atoms with Crippen molar-refractivity contribution in [3.8, 4) is 0 Å². The van der Waals surface area contributed by atoms with Gasteiger partial charge >= 0.3 is 0 Å². The third-order valence-electron chi connectivity index (χ3n) is 4.32. The van der Waals surface area contributed by atoms with Gasteiger partial charge in [0, 0.05) is 39.0 Å². The molecule has 0 atom stereocenters. The molecule has 0 radical (unpaired) electrons. The fourth-order valence-corrected chi connectivity index (χ4v) is 2.86. The number of hydrogen-bond acceptors (Lipinski definition) is 3. The average molecular weight is 460 g/mol. The Bertz CT molecular complexity index is 478. The van der Waals surface area contributed by atoms with Gasteiger partial charge in [-0.15, -0.1) is 24.0 Å². The Balaban J connectivity index is 0.00000312. The Morgan fingerprint density at radius 3 is 2.56 bits per heavy atom. The SMILES string of the molecule is COCCN(C)CCCN=C(Nc1ccccc1)N1CCCCC1.I. The molecule has 25 heavy (non-hydrogen) atoms. The van der Waals surface area contributed by atoms with Crippen LogP contribution in [-0.4, -0.2) is 69.2 Å². The summed E-state index contributed by atoms with van der Waals surface area (Å²) in [6, 6.07) is 10.3. The zero-order chi connectivity index (χ0) is 17.0. The highest BCUT2D eigenvalue weighted by atomic mass is 127. The van der Waals surface area contributed by atoms with Crippen LogP contribution in [0, 0.1) is 0 Å². The summed E-state index contributed by atoms with van der Waals surface area (Å²) >= 11 is 0. The Hall–Kier alpha value is -0.860. The van der Waals surface area contributed by atoms with E-state index in [1.165, 1.54) is 19.3 Å². The van der Waals surface area contributed by atoms with Gasteiger partial charge in [-0.1, -0.05) is 18.2 Å². The van der Waals surface area contributed by atoms with Crippen molar-refractivity contribution in [3.05, 3.63) is 30.3 Å². The molecule has 1 saturated heterocycles. The maximum Gasteiger partial charge on any atom is 0.198 e. The van der Waals surface area contributed by atoms with Gasteiger partial charge in [-0.05, 0) is 51.4 Å². The standard InChI is InChI=1S/C19H32N4O.HI/c1-22(16-17-24-2)13-9-12-20-19(23-14-7-4-8-15-23)21-18-10-5-3-6-11-18;/h3,5-6,10-11H,4,7-9,12-17H2,1-2H3,(H,20,21);1H. The van der Waals surface area contributed by atoms with Gasteiger partial charge in [-0.2, -0.15) is 0 Å². The van der Waals surface area contributed by atoms with Crippen LogP contribution in [-0.2, 0) is 4.74 Å². The number of hydrogen-bond donors (Lipinski definition) is 1. The predicted molar refractivity (Wildman–Crippen MR) is 117 cm³/mol. The fraction of sp³-hybridized carbons (Fsp3) is 0.632. The van der Waals surface area contributed by atoms with Crippen molar-refractivity contribution in [2.45, 2.75) is 25.7 Å². The Labute approximate surface area is 169 Å². The van der Waals surface area contributed by atoms with Crippen LogP contribution in [0.1, 0.15) is 25.7 Å². The van der Waals surface area contributed by atoms with Crippen molar-refractivity contribution in [1.82, 2.24) is 9.80 Å². The van der Waals surface area contributed by atoms with Gasteiger partial charge in [-0.3, -0.25) is 4.99 Å². The molecule has 1 heterocycles. The number of nitrogens with one attached hydrogen (secondary N) is 1. The molecular weight excluding hydrogens is 427 g/mol. The highest BCUT2D eigenvalue weighted by Crippen LogP contribution is 2.12. The smallest absolute Gasteiger partial charge is 0.198 e. The van der Waals surface area contributed by atoms with E-state index in [9.17, 15) is 0 Å². The van der Waals surface area contributed by atoms with Crippen LogP contribution in [0.5, 0.6) is 0 Å². The molecular formula is C19H33IN4O. The summed E-state index contributed by atoms with van der Waals surface area (Å²) in [5.41, 5.74) is 1.11. The third-order valence-corrected chi connectivity index (χ3v) is 4.32. The Morgan fingerprint density at radius 2 is 1.88 bits per heavy atom. The van der Waals surface area contributed by atoms with E-state index in [1.807, 2.05) is 6.07 Å². The number of benzene rings is 1. The van der Waals surface area contributed by atoms with Crippen molar-refractivity contribution in [2.24, 2.45) is 4.99 Å². The molecule has 0 aliphatic carbocycles. The molecule has 1 N–H and O–H groups in total. The second-order valence-corrected chi connectivity index (χ2v) is 6.39. The first-order chi connectivity index (χ1) is 11.8. The van der Waals surface area contributed by atoms with Gasteiger partial charge in [0.15, 0.2) is 5.96 Å². The fourth-order valence-electron chi connectivity index (χ4n) is 2.86. The predicted octanol–water partition coefficient (Wildman–Crippen LogP) is 3.53. The van der Waals surface area contributed by atoms with E-state index in [1.54, 1.807) is 7.11 Å². The molecule has 0 aromatic heterocycles. The van der Waals surface area contributed by atoms with E-state index in [2.05, 4.69) is 46.4 Å². The first kappa shape index (κ1) is 22.2. The number of rotatable bonds is 8. The first-order valence-electron chi connectivity index (χ1n) is 9.08. The van der Waals surface area contributed by atoms with Crippen molar-refractivity contribution >= 4 is 35.6 Å². The summed E-state index contributed by atoms with van der Waals surface area (Å²) in [5, 5.41) is 3.51. The number of aliphatic imine (C=N–C) groups is 1. The van der Waals surface area contributed by atoms with Gasteiger partial charge in [0.1, 0.15) is 0 Å². The number of nitrogens with zero attached hydrogens (tertiary/aromatic N) is 3. The zero-order valence-electron chi connectivity index (χ0n) is 15.6. The number of methoxy groups -OCH3 is 1. The average Bonchev–Trinajstić information content (AvgIpc) is 2.64. The zero-order valence-corrected chi connectivity index (χ0v) is 17.9. The van der Waals surface area contributed by atoms with Crippen molar-refractivity contribution in [2.75, 3.05) is 58.8 Å². The van der Waals surface area contributed by atoms with Crippen LogP contribution in [0.3, 0.4) is 0 Å². The second kappa shape index (κ2) is 13.4. The van der Waals surface area contributed by atoms with E-state index in [-0.39, 0.29) is 24.0 Å². The number of likely N-dealkylation sites (tertiary alicyclic amines) is 1. The van der Waals surface area contributed by atoms with E-state index in [0.717, 1.165) is 57.4 Å². The minimum Gasteiger partial charge on any atom is -0.383 e. The number of anilines is 1. The van der Waals surface area contributed by atoms with E-state index in [4.69, 9.17) is 9.73 Å². The lowest BCUT2D eigenvalue weighted by Crippen LogP contribution is -2.40. The van der Waals surface area contributed by atoms with Gasteiger partial charge < -0.3 is 19.9 Å². The molecule has 2 rings (SSSR count). The van der Waals surface area contributed by atoms with Crippen LogP contribution in [0.15, 0.2) is 35.3 Å². The van der Waals surface area contributed by atoms with Crippen molar-refractivity contribution < 1.29 is 4.74 Å². The molecule has 1 aliphatic rings. The monoisotopic (exact) mass is 460 g/mol. The molecule has 1 aliphatic heterocycles. The maximum absolute atomic E-state index is 5.12. The van der Waals surface area contributed by atoms with Crippen LogP contribution in [0.4, 0.5) is 5.69 Å². The molecule has 142 valence electrons. The first-order valence-corrected chi connectivity index (χ1v) is 9.08. The molecule has 0 amide bonds. The number of ether oxygens (including phenoxy) is 1. The highest BCUT2D eigenvalue weighted by Gasteiger charge is 2.14. The minimum atomic E-state index is 0. The second-order valence-electron chi connectivity index (χ2n) is 6.39. The summed E-state index contributed by atoms with van der Waals surface area (Å²) in [6.45, 7) is 5.86. The molecule has 6 heteroatoms. The summed E-state index contributed by atoms with van der Waals surface area (Å²) in [4.78, 5) is 9.56. The lowest BCUT2D eigenvalue weighted by molar-refractivity contribution is 0.161. The minimum absolute atomic E-state index is 0. The van der Waals surface area contributed by atoms with Crippen molar-refractivity contribution in [1.29, 1.82) is 0 Å². The Kier molecular flexibility index (Phi) is 11.9. The topological polar surface area (TPSA) is 40.1 Å². The normalized spacial score (nSPS) is 15.2. The van der Waals surface area contributed by atoms with Gasteiger partial charge in [0.25, 0.3) is 0 Å². The summed E-state index contributed by atoms with van der Waals surface area (Å²) in [7, 11) is 3.88. The maximum atomic E-state index is 5.12. The summed E-state index contributed by atoms with van der Waals surface area (Å²) < 4.78 is 5.12. The lowest BCUT2D eigenvalue weighted by Gasteiger charge is -2.30. The molecule has 0 bridgehead atoms. The molecule has 5 nitrogen and oxygen atoms in total. The number of guanidine groups is 1. The van der Waals surface area contributed by atoms with Crippen LogP contribution < -0.4 is 5.32 Å². The van der Waals surface area contributed by atoms with Gasteiger partial charge in [-0.25, -0.2) is 0 Å². The van der Waals surface area contributed by atoms with E-state index < -0.39 is 0 Å². The van der Waals surface area contributed by atoms with E-state index in [0.29, 0.717) is 0 Å². The van der Waals surface area contributed by atoms with Crippen molar-refractivity contribution in [3.63, 3.8) is 0 Å². The molecule has 0 saturated carbocycles. The van der Waals surface area contributed by atoms with Crippen LogP contribution >= 0.6 is 24.0 Å². The third kappa shape index (κ3) is 8.87. The van der Waals surface area contributed by atoms with Crippen LogP contribution in [0.2, 0.25) is 0 Å². The number of likely N-dealkylation sites (N-methyl/N-ethyl adjacent to an activating group) is 1. The number of piperidine rings is 1. The number of halogens is 1. The summed E-state index contributed by atoms with van der Waals surface area (Å²) in [6.07, 6.45) is 4.91. The molecule has 1 aromatic carbocycles. The van der Waals surface area contributed by atoms with Gasteiger partial charge in [0.2, 0.25) is 0 Å². The number of para-hydroxylation sites is 1. The Morgan fingerprint density at radius 1 is 1.16 bits per heavy atom. The molecule has 1 fully saturated rings. The van der Waals surface area contributed by atoms with Crippen LogP contribution in [0.25, 0.3) is 0 Å². The van der Waals surface area contributed by atoms with Gasteiger partial charge in [0.05, 0.1) is 6.61 Å². The molecule has 0 unspecified atom stereocenters. The molecule has 0 spiro atoms. The molecule has 1 aromatic rings. The van der Waals surface area contributed by atoms with E-state index >= 15 is 0 Å². The highest BCUT2D eigenvalue weighted by molar-refractivity contribution is 14.0. The lowest BCUT2D eigenvalue weighted by atomic mass is 10.1. The summed E-state index contributed by atoms with van der Waals surface area (Å²) in [5.74, 6) is 1.03.